The van der Waals surface area contributed by atoms with Gasteiger partial charge in [-0.05, 0) is 27.6 Å². The van der Waals surface area contributed by atoms with Gasteiger partial charge in [-0.2, -0.15) is 0 Å². The minimum atomic E-state index is -0.148. The highest BCUT2D eigenvalue weighted by Crippen LogP contribution is 2.45. The highest BCUT2D eigenvalue weighted by Gasteiger charge is 2.24. The monoisotopic (exact) mass is 393 g/mol. The average Bonchev–Trinajstić information content (AvgIpc) is 2.61. The van der Waals surface area contributed by atoms with Crippen molar-refractivity contribution < 1.29 is 19.0 Å². The number of hydrogen-bond donors (Lipinski definition) is 0. The van der Waals surface area contributed by atoms with Crippen molar-refractivity contribution >= 4 is 21.8 Å². The van der Waals surface area contributed by atoms with Crippen LogP contribution in [0.1, 0.15) is 15.9 Å². The standard InChI is InChI=1S/C18H20BrNO4/c1-20(11-12-8-6-5-7-9-12)18(21)13-10-14(22-2)16(23-3)17(24-4)15(13)19/h5-10H,11H2,1-4H3. The molecule has 2 aromatic rings. The van der Waals surface area contributed by atoms with Gasteiger partial charge >= 0.3 is 0 Å². The highest BCUT2D eigenvalue weighted by molar-refractivity contribution is 9.10. The van der Waals surface area contributed by atoms with Crippen LogP contribution in [0.15, 0.2) is 40.9 Å². The first-order valence-corrected chi connectivity index (χ1v) is 8.10. The summed E-state index contributed by atoms with van der Waals surface area (Å²) < 4.78 is 16.6. The lowest BCUT2D eigenvalue weighted by Crippen LogP contribution is -2.26. The molecule has 0 aliphatic heterocycles. The van der Waals surface area contributed by atoms with Crippen molar-refractivity contribution in [2.24, 2.45) is 0 Å². The highest BCUT2D eigenvalue weighted by atomic mass is 79.9. The van der Waals surface area contributed by atoms with Gasteiger partial charge in [0.1, 0.15) is 0 Å². The minimum Gasteiger partial charge on any atom is -0.493 e. The predicted octanol–water partition coefficient (Wildman–Crippen LogP) is 3.75. The summed E-state index contributed by atoms with van der Waals surface area (Å²) in [6.45, 7) is 0.503. The first kappa shape index (κ1) is 18.1. The number of rotatable bonds is 6. The lowest BCUT2D eigenvalue weighted by Gasteiger charge is -2.21. The first-order chi connectivity index (χ1) is 11.5. The normalized spacial score (nSPS) is 10.2. The summed E-state index contributed by atoms with van der Waals surface area (Å²) in [6.07, 6.45) is 0. The lowest BCUT2D eigenvalue weighted by atomic mass is 10.1. The topological polar surface area (TPSA) is 48.0 Å². The maximum absolute atomic E-state index is 12.8. The number of hydrogen-bond acceptors (Lipinski definition) is 4. The Balaban J connectivity index is 2.38. The van der Waals surface area contributed by atoms with Crippen molar-refractivity contribution in [1.82, 2.24) is 4.90 Å². The van der Waals surface area contributed by atoms with Gasteiger partial charge in [-0.25, -0.2) is 0 Å². The Kier molecular flexibility index (Phi) is 6.09. The molecule has 0 aliphatic carbocycles. The molecule has 2 aromatic carbocycles. The number of carbonyl (C=O) groups excluding carboxylic acids is 1. The fraction of sp³-hybridized carbons (Fsp3) is 0.278. The Morgan fingerprint density at radius 3 is 2.21 bits per heavy atom. The van der Waals surface area contributed by atoms with E-state index in [-0.39, 0.29) is 5.91 Å². The molecule has 128 valence electrons. The summed E-state index contributed by atoms with van der Waals surface area (Å²) in [4.78, 5) is 14.5. The van der Waals surface area contributed by atoms with Gasteiger partial charge in [-0.15, -0.1) is 0 Å². The SMILES string of the molecule is COc1cc(C(=O)N(C)Cc2ccccc2)c(Br)c(OC)c1OC. The molecular formula is C18H20BrNO4. The number of ether oxygens (including phenoxy) is 3. The molecule has 0 heterocycles. The van der Waals surface area contributed by atoms with E-state index in [1.807, 2.05) is 30.3 Å². The third-order valence-corrected chi connectivity index (χ3v) is 4.40. The van der Waals surface area contributed by atoms with Gasteiger partial charge < -0.3 is 19.1 Å². The summed E-state index contributed by atoms with van der Waals surface area (Å²) in [5, 5.41) is 0. The van der Waals surface area contributed by atoms with Crippen LogP contribution in [0.4, 0.5) is 0 Å². The number of halogens is 1. The van der Waals surface area contributed by atoms with Crippen molar-refractivity contribution in [2.75, 3.05) is 28.4 Å². The van der Waals surface area contributed by atoms with E-state index in [0.29, 0.717) is 33.8 Å². The van der Waals surface area contributed by atoms with Crippen molar-refractivity contribution in [3.63, 3.8) is 0 Å². The number of carbonyl (C=O) groups is 1. The lowest BCUT2D eigenvalue weighted by molar-refractivity contribution is 0.0783. The third-order valence-electron chi connectivity index (χ3n) is 3.61. The van der Waals surface area contributed by atoms with E-state index in [2.05, 4.69) is 15.9 Å². The molecule has 0 spiro atoms. The van der Waals surface area contributed by atoms with E-state index in [0.717, 1.165) is 5.56 Å². The number of methoxy groups -OCH3 is 3. The molecule has 1 amide bonds. The molecule has 0 radical (unpaired) electrons. The molecule has 24 heavy (non-hydrogen) atoms. The second-order valence-electron chi connectivity index (χ2n) is 5.15. The Labute approximate surface area is 150 Å². The molecule has 0 saturated heterocycles. The number of nitrogens with zero attached hydrogens (tertiary/aromatic N) is 1. The van der Waals surface area contributed by atoms with Crippen LogP contribution in [-0.2, 0) is 6.54 Å². The van der Waals surface area contributed by atoms with E-state index in [4.69, 9.17) is 14.2 Å². The molecule has 0 N–H and O–H groups in total. The van der Waals surface area contributed by atoms with Gasteiger partial charge in [0.15, 0.2) is 11.5 Å². The largest absolute Gasteiger partial charge is 0.493 e. The van der Waals surface area contributed by atoms with E-state index >= 15 is 0 Å². The van der Waals surface area contributed by atoms with Crippen LogP contribution in [0.3, 0.4) is 0 Å². The van der Waals surface area contributed by atoms with Crippen molar-refractivity contribution in [1.29, 1.82) is 0 Å². The van der Waals surface area contributed by atoms with Crippen LogP contribution in [-0.4, -0.2) is 39.2 Å². The maximum Gasteiger partial charge on any atom is 0.255 e. The van der Waals surface area contributed by atoms with Crippen LogP contribution in [0, 0.1) is 0 Å². The molecule has 0 unspecified atom stereocenters. The molecule has 0 fully saturated rings. The van der Waals surface area contributed by atoms with Gasteiger partial charge in [0.2, 0.25) is 5.75 Å². The molecule has 0 saturated carbocycles. The second kappa shape index (κ2) is 8.06. The van der Waals surface area contributed by atoms with Crippen molar-refractivity contribution in [3.8, 4) is 17.2 Å². The van der Waals surface area contributed by atoms with Crippen LogP contribution >= 0.6 is 15.9 Å². The van der Waals surface area contributed by atoms with Gasteiger partial charge in [0, 0.05) is 13.6 Å². The Hall–Kier alpha value is -2.21. The maximum atomic E-state index is 12.8. The molecule has 0 aliphatic rings. The molecule has 5 nitrogen and oxygen atoms in total. The molecule has 0 atom stereocenters. The molecule has 6 heteroatoms. The van der Waals surface area contributed by atoms with Crippen molar-refractivity contribution in [2.45, 2.75) is 6.54 Å². The van der Waals surface area contributed by atoms with Gasteiger partial charge in [-0.1, -0.05) is 30.3 Å². The zero-order valence-electron chi connectivity index (χ0n) is 14.1. The Morgan fingerprint density at radius 2 is 1.67 bits per heavy atom. The minimum absolute atomic E-state index is 0.148. The Bertz CT molecular complexity index is 719. The number of amides is 1. The van der Waals surface area contributed by atoms with E-state index in [1.165, 1.54) is 21.3 Å². The van der Waals surface area contributed by atoms with Crippen LogP contribution in [0.25, 0.3) is 0 Å². The molecule has 0 aromatic heterocycles. The van der Waals surface area contributed by atoms with Gasteiger partial charge in [0.05, 0.1) is 31.4 Å². The zero-order chi connectivity index (χ0) is 17.7. The average molecular weight is 394 g/mol. The van der Waals surface area contributed by atoms with Gasteiger partial charge in [0.25, 0.3) is 5.91 Å². The summed E-state index contributed by atoms with van der Waals surface area (Å²) in [5.41, 5.74) is 1.50. The van der Waals surface area contributed by atoms with E-state index in [9.17, 15) is 4.79 Å². The second-order valence-corrected chi connectivity index (χ2v) is 5.95. The zero-order valence-corrected chi connectivity index (χ0v) is 15.7. The van der Waals surface area contributed by atoms with Crippen LogP contribution in [0.5, 0.6) is 17.2 Å². The fourth-order valence-corrected chi connectivity index (χ4v) is 3.04. The Morgan fingerprint density at radius 1 is 1.04 bits per heavy atom. The first-order valence-electron chi connectivity index (χ1n) is 7.31. The summed E-state index contributed by atoms with van der Waals surface area (Å²) in [7, 11) is 6.32. The molecular weight excluding hydrogens is 374 g/mol. The third kappa shape index (κ3) is 3.64. The van der Waals surface area contributed by atoms with E-state index in [1.54, 1.807) is 18.0 Å². The van der Waals surface area contributed by atoms with E-state index < -0.39 is 0 Å². The summed E-state index contributed by atoms with van der Waals surface area (Å²) >= 11 is 3.44. The van der Waals surface area contributed by atoms with Crippen LogP contribution < -0.4 is 14.2 Å². The van der Waals surface area contributed by atoms with Crippen molar-refractivity contribution in [3.05, 3.63) is 52.0 Å². The summed E-state index contributed by atoms with van der Waals surface area (Å²) in [5.74, 6) is 1.15. The molecule has 2 rings (SSSR count). The smallest absolute Gasteiger partial charge is 0.255 e. The molecule has 0 bridgehead atoms. The quantitative estimate of drug-likeness (QED) is 0.749. The fourth-order valence-electron chi connectivity index (χ4n) is 2.41. The van der Waals surface area contributed by atoms with Crippen LogP contribution in [0.2, 0.25) is 0 Å². The predicted molar refractivity (Wildman–Crippen MR) is 96.0 cm³/mol. The summed E-state index contributed by atoms with van der Waals surface area (Å²) in [6, 6.07) is 11.4. The number of benzene rings is 2. The van der Waals surface area contributed by atoms with Gasteiger partial charge in [-0.3, -0.25) is 4.79 Å².